The van der Waals surface area contributed by atoms with Crippen molar-refractivity contribution in [1.82, 2.24) is 0 Å². The first-order chi connectivity index (χ1) is 16.7. The predicted molar refractivity (Wildman–Crippen MR) is 124 cm³/mol. The highest BCUT2D eigenvalue weighted by atomic mass is 16.6. The average Bonchev–Trinajstić information content (AvgIpc) is 3.58. The molecule has 0 unspecified atom stereocenters. The topological polar surface area (TPSA) is 101 Å². The minimum Gasteiger partial charge on any atom is -0.462 e. The van der Waals surface area contributed by atoms with Crippen LogP contribution in [0.1, 0.15) is 46.5 Å². The number of hydrogen-bond acceptors (Lipinski definition) is 8. The van der Waals surface area contributed by atoms with Crippen molar-refractivity contribution in [3.8, 4) is 0 Å². The number of epoxide rings is 1. The molecule has 0 aromatic carbocycles. The lowest BCUT2D eigenvalue weighted by atomic mass is 9.51. The van der Waals surface area contributed by atoms with Gasteiger partial charge in [0.1, 0.15) is 18.3 Å². The van der Waals surface area contributed by atoms with Gasteiger partial charge in [0.15, 0.2) is 0 Å². The molecule has 0 amide bonds. The van der Waals surface area contributed by atoms with Crippen molar-refractivity contribution in [2.75, 3.05) is 19.8 Å². The zero-order valence-corrected chi connectivity index (χ0v) is 20.4. The third-order valence-electron chi connectivity index (χ3n) is 8.63. The van der Waals surface area contributed by atoms with E-state index in [1.165, 1.54) is 36.0 Å². The van der Waals surface area contributed by atoms with Gasteiger partial charge in [0.05, 0.1) is 30.8 Å². The molecule has 3 fully saturated rings. The fourth-order valence-corrected chi connectivity index (χ4v) is 6.46. The van der Waals surface area contributed by atoms with E-state index in [-0.39, 0.29) is 25.4 Å². The molecule has 0 aromatic heterocycles. The molecule has 2 bridgehead atoms. The van der Waals surface area contributed by atoms with E-state index in [1.54, 1.807) is 6.92 Å². The maximum absolute atomic E-state index is 12.8. The lowest BCUT2D eigenvalue weighted by Gasteiger charge is -2.58. The molecule has 0 aromatic rings. The van der Waals surface area contributed by atoms with Crippen LogP contribution < -0.4 is 0 Å². The Balaban J connectivity index is 1.53. The van der Waals surface area contributed by atoms with Crippen molar-refractivity contribution in [1.29, 1.82) is 0 Å². The van der Waals surface area contributed by atoms with Crippen molar-refractivity contribution in [3.63, 3.8) is 0 Å². The maximum Gasteiger partial charge on any atom is 0.331 e. The monoisotopic (exact) mass is 484 g/mol. The summed E-state index contributed by atoms with van der Waals surface area (Å²) in [6.07, 6.45) is 10.5. The Labute approximate surface area is 204 Å². The molecular weight excluding hydrogens is 452 g/mol. The summed E-state index contributed by atoms with van der Waals surface area (Å²) in [6, 6.07) is 0. The van der Waals surface area contributed by atoms with Gasteiger partial charge in [-0.3, -0.25) is 0 Å². The summed E-state index contributed by atoms with van der Waals surface area (Å²) in [5, 5.41) is 0. The lowest BCUT2D eigenvalue weighted by Crippen LogP contribution is -2.66. The van der Waals surface area contributed by atoms with Crippen LogP contribution in [0.25, 0.3) is 0 Å². The van der Waals surface area contributed by atoms with Gasteiger partial charge >= 0.3 is 17.9 Å². The van der Waals surface area contributed by atoms with Crippen LogP contribution in [0.15, 0.2) is 47.6 Å². The van der Waals surface area contributed by atoms with Gasteiger partial charge in [-0.05, 0) is 26.7 Å². The van der Waals surface area contributed by atoms with Gasteiger partial charge in [-0.25, -0.2) is 14.4 Å². The first-order valence-electron chi connectivity index (χ1n) is 12.2. The number of carbonyl (C=O) groups is 3. The van der Waals surface area contributed by atoms with E-state index in [4.69, 9.17) is 23.7 Å². The molecule has 8 heteroatoms. The number of cyclic esters (lactones) is 2. The summed E-state index contributed by atoms with van der Waals surface area (Å²) in [5.41, 5.74) is 0.194. The number of ether oxygens (including phenoxy) is 5. The summed E-state index contributed by atoms with van der Waals surface area (Å²) in [6.45, 7) is 6.77. The molecule has 3 aliphatic heterocycles. The highest BCUT2D eigenvalue weighted by Gasteiger charge is 2.83. The molecule has 2 aliphatic carbocycles. The fourth-order valence-electron chi connectivity index (χ4n) is 6.46. The molecule has 0 radical (unpaired) electrons. The minimum absolute atomic E-state index is 0.125. The van der Waals surface area contributed by atoms with Crippen molar-refractivity contribution in [3.05, 3.63) is 47.6 Å². The Bertz CT molecular complexity index is 1050. The first-order valence-corrected chi connectivity index (χ1v) is 12.2. The third-order valence-corrected chi connectivity index (χ3v) is 8.63. The quantitative estimate of drug-likeness (QED) is 0.224. The first kappa shape index (κ1) is 24.0. The van der Waals surface area contributed by atoms with E-state index in [0.29, 0.717) is 19.4 Å². The maximum atomic E-state index is 12.8. The molecule has 35 heavy (non-hydrogen) atoms. The second kappa shape index (κ2) is 8.75. The zero-order chi connectivity index (χ0) is 24.8. The van der Waals surface area contributed by atoms with Crippen LogP contribution in [-0.2, 0) is 38.1 Å². The van der Waals surface area contributed by atoms with Crippen LogP contribution in [0.4, 0.5) is 0 Å². The SMILES string of the molecule is CC1=C[C@H]2O[C@@H]3C[C@H]4OC(=O)/C=C\C=C/C(=O)OCC/C(C)=C\C(=O)OC[C@@]2(CC1)[C@]4(C)[C@]31CO1. The lowest BCUT2D eigenvalue weighted by molar-refractivity contribution is -0.232. The zero-order valence-electron chi connectivity index (χ0n) is 20.4. The standard InChI is InChI=1S/C27H32O8/c1-17-8-10-26-15-32-24(30)13-18(2)9-11-31-22(28)6-4-5-7-23(29)35-19-14-21(34-20(26)12-17)27(16-33-27)25(19,26)3/h4-7,12-13,19-21H,8-11,14-16H2,1-3H3/b6-4-,7-5-,18-13-/t19-,20-,21-,25-,26-,27+/m1/s1. The molecular formula is C27H32O8. The third kappa shape index (κ3) is 3.87. The Morgan fingerprint density at radius 1 is 0.886 bits per heavy atom. The van der Waals surface area contributed by atoms with E-state index < -0.39 is 40.4 Å². The Morgan fingerprint density at radius 2 is 1.63 bits per heavy atom. The van der Waals surface area contributed by atoms with E-state index in [1.807, 2.05) is 0 Å². The summed E-state index contributed by atoms with van der Waals surface area (Å²) in [4.78, 5) is 37.4. The molecule has 2 saturated heterocycles. The van der Waals surface area contributed by atoms with Crippen LogP contribution in [0, 0.1) is 10.8 Å². The highest BCUT2D eigenvalue weighted by molar-refractivity contribution is 5.85. The largest absolute Gasteiger partial charge is 0.462 e. The van der Waals surface area contributed by atoms with E-state index in [0.717, 1.165) is 18.4 Å². The van der Waals surface area contributed by atoms with Crippen LogP contribution in [-0.4, -0.2) is 61.6 Å². The number of hydrogen-bond donors (Lipinski definition) is 0. The van der Waals surface area contributed by atoms with Gasteiger partial charge in [0.2, 0.25) is 0 Å². The summed E-state index contributed by atoms with van der Waals surface area (Å²) >= 11 is 0. The average molecular weight is 485 g/mol. The van der Waals surface area contributed by atoms with Gasteiger partial charge in [0.25, 0.3) is 0 Å². The van der Waals surface area contributed by atoms with Crippen LogP contribution in [0.3, 0.4) is 0 Å². The molecule has 3 heterocycles. The summed E-state index contributed by atoms with van der Waals surface area (Å²) in [5.74, 6) is -1.50. The Morgan fingerprint density at radius 3 is 2.37 bits per heavy atom. The number of allylic oxidation sites excluding steroid dienone is 3. The van der Waals surface area contributed by atoms with Crippen molar-refractivity contribution in [2.45, 2.75) is 70.4 Å². The number of rotatable bonds is 0. The smallest absolute Gasteiger partial charge is 0.331 e. The van der Waals surface area contributed by atoms with E-state index >= 15 is 0 Å². The van der Waals surface area contributed by atoms with Crippen molar-refractivity contribution in [2.24, 2.45) is 10.8 Å². The van der Waals surface area contributed by atoms with Gasteiger partial charge in [0, 0.05) is 36.5 Å². The van der Waals surface area contributed by atoms with E-state index in [2.05, 4.69) is 19.9 Å². The molecule has 2 spiro atoms. The molecule has 1 saturated carbocycles. The van der Waals surface area contributed by atoms with Crippen LogP contribution >= 0.6 is 0 Å². The van der Waals surface area contributed by atoms with Crippen LogP contribution in [0.2, 0.25) is 0 Å². The molecule has 0 N–H and O–H groups in total. The fraction of sp³-hybridized carbons (Fsp3) is 0.593. The van der Waals surface area contributed by atoms with Crippen molar-refractivity contribution >= 4 is 17.9 Å². The van der Waals surface area contributed by atoms with Crippen LogP contribution in [0.5, 0.6) is 0 Å². The number of carbonyl (C=O) groups excluding carboxylic acids is 3. The molecule has 8 nitrogen and oxygen atoms in total. The van der Waals surface area contributed by atoms with Gasteiger partial charge in [-0.2, -0.15) is 0 Å². The summed E-state index contributed by atoms with van der Waals surface area (Å²) < 4.78 is 29.7. The van der Waals surface area contributed by atoms with E-state index in [9.17, 15) is 14.4 Å². The molecule has 5 aliphatic rings. The number of esters is 3. The molecule has 6 atom stereocenters. The second-order valence-corrected chi connectivity index (χ2v) is 10.5. The van der Waals surface area contributed by atoms with Gasteiger partial charge in [-0.15, -0.1) is 0 Å². The minimum atomic E-state index is -0.613. The Kier molecular flexibility index (Phi) is 6.00. The van der Waals surface area contributed by atoms with Crippen molar-refractivity contribution < 1.29 is 38.1 Å². The highest BCUT2D eigenvalue weighted by Crippen LogP contribution is 2.72. The normalized spacial score (nSPS) is 44.9. The Hall–Kier alpha value is -2.71. The van der Waals surface area contributed by atoms with Gasteiger partial charge < -0.3 is 23.7 Å². The van der Waals surface area contributed by atoms with Gasteiger partial charge in [-0.1, -0.05) is 36.3 Å². The predicted octanol–water partition coefficient (Wildman–Crippen LogP) is 3.12. The molecule has 5 rings (SSSR count). The second-order valence-electron chi connectivity index (χ2n) is 10.5. The summed E-state index contributed by atoms with van der Waals surface area (Å²) in [7, 11) is 0. The molecule has 188 valence electrons.